The van der Waals surface area contributed by atoms with Crippen LogP contribution < -0.4 is 4.74 Å². The van der Waals surface area contributed by atoms with Gasteiger partial charge in [-0.25, -0.2) is 4.39 Å². The highest BCUT2D eigenvalue weighted by atomic mass is 19.1. The normalized spacial score (nSPS) is 12.5. The average Bonchev–Trinajstić information content (AvgIpc) is 3.34. The molecule has 34 heavy (non-hydrogen) atoms. The summed E-state index contributed by atoms with van der Waals surface area (Å²) in [6.07, 6.45) is 0. The average molecular weight is 453 g/mol. The first-order valence-corrected chi connectivity index (χ1v) is 10.8. The molecule has 0 spiro atoms. The number of amides is 1. The fourth-order valence-electron chi connectivity index (χ4n) is 4.30. The largest absolute Gasteiger partial charge is 0.452 e. The Morgan fingerprint density at radius 2 is 1.85 bits per heavy atom. The van der Waals surface area contributed by atoms with E-state index in [4.69, 9.17) is 9.26 Å². The van der Waals surface area contributed by atoms with E-state index >= 15 is 0 Å². The summed E-state index contributed by atoms with van der Waals surface area (Å²) in [5, 5.41) is 13.3. The Kier molecular flexibility index (Phi) is 5.34. The Morgan fingerprint density at radius 3 is 2.56 bits per heavy atom. The number of para-hydroxylation sites is 1. The molecule has 0 N–H and O–H groups in total. The zero-order chi connectivity index (χ0) is 23.8. The third-order valence-electron chi connectivity index (χ3n) is 5.92. The summed E-state index contributed by atoms with van der Waals surface area (Å²) in [7, 11) is 0. The summed E-state index contributed by atoms with van der Waals surface area (Å²) < 4.78 is 25.4. The minimum Gasteiger partial charge on any atom is -0.452 e. The van der Waals surface area contributed by atoms with Gasteiger partial charge in [0.05, 0.1) is 16.8 Å². The molecule has 2 heterocycles. The van der Waals surface area contributed by atoms with Gasteiger partial charge in [0, 0.05) is 18.7 Å². The van der Waals surface area contributed by atoms with E-state index in [2.05, 4.69) is 5.16 Å². The van der Waals surface area contributed by atoms with Crippen LogP contribution in [0.15, 0.2) is 65.2 Å². The molecule has 6 nitrogen and oxygen atoms in total. The number of hydrogen-bond donors (Lipinski definition) is 0. The topological polar surface area (TPSA) is 79.4 Å². The third-order valence-corrected chi connectivity index (χ3v) is 5.92. The van der Waals surface area contributed by atoms with Gasteiger partial charge >= 0.3 is 0 Å². The summed E-state index contributed by atoms with van der Waals surface area (Å²) in [5.74, 6) is -0.0372. The van der Waals surface area contributed by atoms with Crippen molar-refractivity contribution >= 4 is 5.91 Å². The van der Waals surface area contributed by atoms with E-state index in [9.17, 15) is 14.4 Å². The van der Waals surface area contributed by atoms with Crippen molar-refractivity contribution in [2.45, 2.75) is 26.9 Å². The molecule has 5 rings (SSSR count). The van der Waals surface area contributed by atoms with Gasteiger partial charge in [-0.05, 0) is 48.7 Å². The van der Waals surface area contributed by atoms with Crippen molar-refractivity contribution in [3.05, 3.63) is 100 Å². The molecule has 0 saturated carbocycles. The first kappa shape index (κ1) is 21.4. The molecule has 0 unspecified atom stereocenters. The molecule has 168 valence electrons. The van der Waals surface area contributed by atoms with E-state index in [0.29, 0.717) is 18.7 Å². The van der Waals surface area contributed by atoms with Gasteiger partial charge in [-0.15, -0.1) is 0 Å². The van der Waals surface area contributed by atoms with Crippen LogP contribution in [0.2, 0.25) is 0 Å². The van der Waals surface area contributed by atoms with Crippen LogP contribution in [0.5, 0.6) is 11.5 Å². The fourth-order valence-corrected chi connectivity index (χ4v) is 4.30. The summed E-state index contributed by atoms with van der Waals surface area (Å²) in [5.41, 5.74) is 5.04. The Balaban J connectivity index is 1.38. The molecule has 1 amide bonds. The highest BCUT2D eigenvalue weighted by Crippen LogP contribution is 2.36. The van der Waals surface area contributed by atoms with E-state index in [1.165, 1.54) is 18.2 Å². The lowest BCUT2D eigenvalue weighted by Gasteiger charge is -2.16. The molecule has 7 heteroatoms. The first-order chi connectivity index (χ1) is 16.5. The van der Waals surface area contributed by atoms with Gasteiger partial charge in [-0.1, -0.05) is 47.6 Å². The quantitative estimate of drug-likeness (QED) is 0.375. The summed E-state index contributed by atoms with van der Waals surface area (Å²) in [6, 6.07) is 19.2. The molecule has 0 aliphatic carbocycles. The summed E-state index contributed by atoms with van der Waals surface area (Å²) >= 11 is 0. The highest BCUT2D eigenvalue weighted by molar-refractivity contribution is 6.01. The molecule has 0 bridgehead atoms. The number of halogens is 1. The number of carbonyl (C=O) groups excluding carboxylic acids is 1. The van der Waals surface area contributed by atoms with Gasteiger partial charge in [-0.3, -0.25) is 4.79 Å². The van der Waals surface area contributed by atoms with Crippen molar-refractivity contribution in [3.8, 4) is 28.7 Å². The summed E-state index contributed by atoms with van der Waals surface area (Å²) in [4.78, 5) is 15.0. The van der Waals surface area contributed by atoms with Crippen LogP contribution >= 0.6 is 0 Å². The molecule has 1 aromatic heterocycles. The zero-order valence-corrected chi connectivity index (χ0v) is 18.6. The fraction of sp³-hybridized carbons (Fsp3) is 0.148. The molecule has 1 aliphatic heterocycles. The van der Waals surface area contributed by atoms with Crippen molar-refractivity contribution < 1.29 is 18.4 Å². The van der Waals surface area contributed by atoms with E-state index < -0.39 is 5.82 Å². The van der Waals surface area contributed by atoms with Gasteiger partial charge in [0.1, 0.15) is 17.6 Å². The van der Waals surface area contributed by atoms with E-state index in [0.717, 1.165) is 33.7 Å². The maximum absolute atomic E-state index is 14.3. The van der Waals surface area contributed by atoms with Gasteiger partial charge in [-0.2, -0.15) is 5.26 Å². The number of rotatable bonds is 5. The van der Waals surface area contributed by atoms with Gasteiger partial charge in [0.2, 0.25) is 0 Å². The Labute approximate surface area is 195 Å². The van der Waals surface area contributed by atoms with Gasteiger partial charge < -0.3 is 14.2 Å². The molecule has 1 aliphatic rings. The monoisotopic (exact) mass is 453 g/mol. The number of fused-ring (bicyclic) bond motifs is 1. The standard InChI is InChI=1S/C27H20FN3O3/c1-16-24(17(2)34-30-16)19-11-9-18(10-12-19)14-31-15-21-6-4-8-23(25(21)27(31)32)33-26-20(13-29)5-3-7-22(26)28/h3-12H,14-15H2,1-2H3. The SMILES string of the molecule is Cc1noc(C)c1-c1ccc(CN2Cc3cccc(Oc4c(F)cccc4C#N)c3C2=O)cc1. The molecule has 0 radical (unpaired) electrons. The second-order valence-corrected chi connectivity index (χ2v) is 8.18. The smallest absolute Gasteiger partial charge is 0.258 e. The van der Waals surface area contributed by atoms with Crippen molar-refractivity contribution in [1.29, 1.82) is 5.26 Å². The molecular formula is C27H20FN3O3. The molecule has 3 aromatic carbocycles. The second kappa shape index (κ2) is 8.49. The number of ether oxygens (including phenoxy) is 1. The number of aromatic nitrogens is 1. The number of hydrogen-bond acceptors (Lipinski definition) is 5. The molecule has 0 atom stereocenters. The van der Waals surface area contributed by atoms with Crippen molar-refractivity contribution in [1.82, 2.24) is 10.1 Å². The molecule has 4 aromatic rings. The minimum atomic E-state index is -0.655. The van der Waals surface area contributed by atoms with Gasteiger partial charge in [0.15, 0.2) is 11.6 Å². The van der Waals surface area contributed by atoms with Gasteiger partial charge in [0.25, 0.3) is 5.91 Å². The predicted octanol–water partition coefficient (Wildman–Crippen LogP) is 5.92. The number of aryl methyl sites for hydroxylation is 2. The maximum Gasteiger partial charge on any atom is 0.258 e. The van der Waals surface area contributed by atoms with Crippen LogP contribution in [0.25, 0.3) is 11.1 Å². The molecule has 0 fully saturated rings. The van der Waals surface area contributed by atoms with Crippen molar-refractivity contribution in [2.24, 2.45) is 0 Å². The zero-order valence-electron chi connectivity index (χ0n) is 18.6. The number of benzene rings is 3. The number of nitrogens with zero attached hydrogens (tertiary/aromatic N) is 3. The molecule has 0 saturated heterocycles. The van der Waals surface area contributed by atoms with Crippen LogP contribution in [0, 0.1) is 31.0 Å². The van der Waals surface area contributed by atoms with E-state index in [1.54, 1.807) is 17.0 Å². The maximum atomic E-state index is 14.3. The Morgan fingerprint density at radius 1 is 1.09 bits per heavy atom. The lowest BCUT2D eigenvalue weighted by atomic mass is 10.0. The number of carbonyl (C=O) groups is 1. The van der Waals surface area contributed by atoms with E-state index in [1.807, 2.05) is 50.2 Å². The minimum absolute atomic E-state index is 0.0679. The third kappa shape index (κ3) is 3.69. The van der Waals surface area contributed by atoms with Crippen LogP contribution in [0.1, 0.15) is 38.5 Å². The van der Waals surface area contributed by atoms with E-state index in [-0.39, 0.29) is 23.0 Å². The van der Waals surface area contributed by atoms with Crippen LogP contribution in [0.3, 0.4) is 0 Å². The number of nitriles is 1. The van der Waals surface area contributed by atoms with Crippen LogP contribution in [-0.2, 0) is 13.1 Å². The summed E-state index contributed by atoms with van der Waals surface area (Å²) in [6.45, 7) is 4.61. The van der Waals surface area contributed by atoms with Crippen molar-refractivity contribution in [2.75, 3.05) is 0 Å². The predicted molar refractivity (Wildman–Crippen MR) is 123 cm³/mol. The second-order valence-electron chi connectivity index (χ2n) is 8.18. The Hall–Kier alpha value is -4.44. The van der Waals surface area contributed by atoms with Crippen molar-refractivity contribution in [3.63, 3.8) is 0 Å². The van der Waals surface area contributed by atoms with Crippen LogP contribution in [-0.4, -0.2) is 16.0 Å². The lowest BCUT2D eigenvalue weighted by Crippen LogP contribution is -2.23. The molecular weight excluding hydrogens is 433 g/mol. The highest BCUT2D eigenvalue weighted by Gasteiger charge is 2.31. The van der Waals surface area contributed by atoms with Crippen LogP contribution in [0.4, 0.5) is 4.39 Å². The lowest BCUT2D eigenvalue weighted by molar-refractivity contribution is 0.0764. The first-order valence-electron chi connectivity index (χ1n) is 10.8. The Bertz CT molecular complexity index is 1430.